The Morgan fingerprint density at radius 1 is 1.00 bits per heavy atom. The van der Waals surface area contributed by atoms with Gasteiger partial charge in [-0.15, -0.1) is 0 Å². The van der Waals surface area contributed by atoms with Crippen LogP contribution in [0.1, 0.15) is 15.9 Å². The number of Topliss-reactive ketones (excluding diaryl/α,β-unsaturated/α-hetero) is 1. The summed E-state index contributed by atoms with van der Waals surface area (Å²) in [4.78, 5) is 23.7. The average Bonchev–Trinajstić information content (AvgIpc) is 2.60. The third-order valence-electron chi connectivity index (χ3n) is 3.49. The first kappa shape index (κ1) is 16.0. The minimum atomic E-state index is -0.526. The van der Waals surface area contributed by atoms with Gasteiger partial charge in [0.25, 0.3) is 0 Å². The Hall–Kier alpha value is -2.89. The van der Waals surface area contributed by atoms with Gasteiger partial charge in [0.2, 0.25) is 0 Å². The third-order valence-corrected chi connectivity index (χ3v) is 3.49. The number of rotatable bonds is 5. The minimum Gasteiger partial charge on any atom is -0.486 e. The molecule has 0 atom stereocenters. The number of ketones is 1. The van der Waals surface area contributed by atoms with Gasteiger partial charge >= 0.3 is 5.97 Å². The van der Waals surface area contributed by atoms with Crippen LogP contribution in [0, 0.1) is 5.82 Å². The van der Waals surface area contributed by atoms with Crippen LogP contribution in [0.15, 0.2) is 42.5 Å². The van der Waals surface area contributed by atoms with Gasteiger partial charge in [0.1, 0.15) is 19.0 Å². The molecule has 3 rings (SSSR count). The molecule has 0 saturated carbocycles. The molecule has 1 heterocycles. The van der Waals surface area contributed by atoms with E-state index in [2.05, 4.69) is 0 Å². The predicted octanol–water partition coefficient (Wildman–Crippen LogP) is 2.57. The number of hydrogen-bond acceptors (Lipinski definition) is 5. The van der Waals surface area contributed by atoms with E-state index in [0.29, 0.717) is 35.8 Å². The molecule has 0 fully saturated rings. The average molecular weight is 330 g/mol. The van der Waals surface area contributed by atoms with Crippen molar-refractivity contribution >= 4 is 11.8 Å². The summed E-state index contributed by atoms with van der Waals surface area (Å²) in [7, 11) is 0. The van der Waals surface area contributed by atoms with Crippen LogP contribution in [-0.4, -0.2) is 31.6 Å². The summed E-state index contributed by atoms with van der Waals surface area (Å²) in [5.41, 5.74) is 1.00. The monoisotopic (exact) mass is 330 g/mol. The zero-order valence-corrected chi connectivity index (χ0v) is 12.8. The quantitative estimate of drug-likeness (QED) is 0.623. The summed E-state index contributed by atoms with van der Waals surface area (Å²) in [6.07, 6.45) is 0.0212. The molecular formula is C18H15FO5. The Morgan fingerprint density at radius 3 is 2.46 bits per heavy atom. The van der Waals surface area contributed by atoms with Crippen LogP contribution >= 0.6 is 0 Å². The number of hydrogen-bond donors (Lipinski definition) is 0. The van der Waals surface area contributed by atoms with Gasteiger partial charge in [0.15, 0.2) is 23.9 Å². The summed E-state index contributed by atoms with van der Waals surface area (Å²) < 4.78 is 28.6. The van der Waals surface area contributed by atoms with Crippen LogP contribution in [0.25, 0.3) is 0 Å². The number of carbonyl (C=O) groups is 2. The molecule has 0 saturated heterocycles. The van der Waals surface area contributed by atoms with Crippen molar-refractivity contribution in [1.82, 2.24) is 0 Å². The van der Waals surface area contributed by atoms with E-state index in [-0.39, 0.29) is 18.8 Å². The third kappa shape index (κ3) is 3.90. The molecule has 6 heteroatoms. The van der Waals surface area contributed by atoms with Crippen molar-refractivity contribution in [2.75, 3.05) is 19.8 Å². The maximum Gasteiger partial charge on any atom is 0.310 e. The van der Waals surface area contributed by atoms with Gasteiger partial charge in [-0.2, -0.15) is 0 Å². The second-order valence-electron chi connectivity index (χ2n) is 5.25. The molecular weight excluding hydrogens is 315 g/mol. The van der Waals surface area contributed by atoms with E-state index in [4.69, 9.17) is 14.2 Å². The van der Waals surface area contributed by atoms with E-state index >= 15 is 0 Å². The van der Waals surface area contributed by atoms with Crippen molar-refractivity contribution in [3.05, 3.63) is 59.4 Å². The van der Waals surface area contributed by atoms with Gasteiger partial charge in [-0.1, -0.05) is 6.07 Å². The van der Waals surface area contributed by atoms with E-state index < -0.39 is 11.8 Å². The highest BCUT2D eigenvalue weighted by molar-refractivity contribution is 5.97. The van der Waals surface area contributed by atoms with Gasteiger partial charge in [0.05, 0.1) is 6.42 Å². The smallest absolute Gasteiger partial charge is 0.310 e. The van der Waals surface area contributed by atoms with Crippen molar-refractivity contribution in [3.8, 4) is 11.5 Å². The molecule has 24 heavy (non-hydrogen) atoms. The molecule has 0 amide bonds. The zero-order chi connectivity index (χ0) is 16.9. The molecule has 0 aromatic heterocycles. The van der Waals surface area contributed by atoms with E-state index in [1.807, 2.05) is 0 Å². The molecule has 124 valence electrons. The fourth-order valence-corrected chi connectivity index (χ4v) is 2.28. The largest absolute Gasteiger partial charge is 0.486 e. The van der Waals surface area contributed by atoms with E-state index in [9.17, 15) is 14.0 Å². The Balaban J connectivity index is 1.54. The Bertz CT molecular complexity index is 755. The van der Waals surface area contributed by atoms with Gasteiger partial charge < -0.3 is 14.2 Å². The standard InChI is InChI=1S/C18H15FO5/c19-14-4-2-13(3-5-14)15(20)11-24-18(21)10-12-1-6-16-17(9-12)23-8-7-22-16/h1-6,9H,7-8,10-11H2. The van der Waals surface area contributed by atoms with Crippen LogP contribution < -0.4 is 9.47 Å². The van der Waals surface area contributed by atoms with Crippen LogP contribution in [0.4, 0.5) is 4.39 Å². The molecule has 1 aliphatic rings. The van der Waals surface area contributed by atoms with Crippen molar-refractivity contribution < 1.29 is 28.2 Å². The number of esters is 1. The van der Waals surface area contributed by atoms with E-state index in [1.54, 1.807) is 18.2 Å². The SMILES string of the molecule is O=C(Cc1ccc2c(c1)OCCO2)OCC(=O)c1ccc(F)cc1. The second-order valence-corrected chi connectivity index (χ2v) is 5.25. The predicted molar refractivity (Wildman–Crippen MR) is 82.8 cm³/mol. The Labute approximate surface area is 138 Å². The van der Waals surface area contributed by atoms with E-state index in [1.165, 1.54) is 24.3 Å². The van der Waals surface area contributed by atoms with Gasteiger partial charge in [-0.25, -0.2) is 4.39 Å². The van der Waals surface area contributed by atoms with Crippen LogP contribution in [0.5, 0.6) is 11.5 Å². The fourth-order valence-electron chi connectivity index (χ4n) is 2.28. The number of ether oxygens (including phenoxy) is 3. The molecule has 1 aliphatic heterocycles. The molecule has 0 N–H and O–H groups in total. The molecule has 0 bridgehead atoms. The molecule has 2 aromatic rings. The summed E-state index contributed by atoms with van der Waals surface area (Å²) in [5.74, 6) is -0.103. The van der Waals surface area contributed by atoms with Crippen molar-refractivity contribution in [2.45, 2.75) is 6.42 Å². The molecule has 0 aliphatic carbocycles. The lowest BCUT2D eigenvalue weighted by molar-refractivity contribution is -0.141. The lowest BCUT2D eigenvalue weighted by Crippen LogP contribution is -2.17. The van der Waals surface area contributed by atoms with Crippen molar-refractivity contribution in [3.63, 3.8) is 0 Å². The Morgan fingerprint density at radius 2 is 1.71 bits per heavy atom. The number of carbonyl (C=O) groups excluding carboxylic acids is 2. The lowest BCUT2D eigenvalue weighted by Gasteiger charge is -2.18. The first-order valence-corrected chi connectivity index (χ1v) is 7.45. The number of halogens is 1. The second kappa shape index (κ2) is 7.12. The van der Waals surface area contributed by atoms with Gasteiger partial charge in [-0.3, -0.25) is 9.59 Å². The summed E-state index contributed by atoms with van der Waals surface area (Å²) >= 11 is 0. The van der Waals surface area contributed by atoms with Crippen molar-refractivity contribution in [2.24, 2.45) is 0 Å². The molecule has 0 radical (unpaired) electrons. The van der Waals surface area contributed by atoms with E-state index in [0.717, 1.165) is 0 Å². The summed E-state index contributed by atoms with van der Waals surface area (Å²) in [5, 5.41) is 0. The summed E-state index contributed by atoms with van der Waals surface area (Å²) in [6, 6.07) is 10.3. The maximum absolute atomic E-state index is 12.8. The topological polar surface area (TPSA) is 61.8 Å². The van der Waals surface area contributed by atoms with Gasteiger partial charge in [-0.05, 0) is 42.0 Å². The number of fused-ring (bicyclic) bond motifs is 1. The first-order chi connectivity index (χ1) is 11.6. The molecule has 0 unspecified atom stereocenters. The normalized spacial score (nSPS) is 12.5. The highest BCUT2D eigenvalue weighted by atomic mass is 19.1. The van der Waals surface area contributed by atoms with Crippen LogP contribution in [0.3, 0.4) is 0 Å². The summed E-state index contributed by atoms with van der Waals surface area (Å²) in [6.45, 7) is 0.585. The first-order valence-electron chi connectivity index (χ1n) is 7.45. The van der Waals surface area contributed by atoms with Crippen molar-refractivity contribution in [1.29, 1.82) is 0 Å². The number of benzene rings is 2. The van der Waals surface area contributed by atoms with Crippen LogP contribution in [-0.2, 0) is 16.0 Å². The zero-order valence-electron chi connectivity index (χ0n) is 12.8. The molecule has 0 spiro atoms. The maximum atomic E-state index is 12.8. The van der Waals surface area contributed by atoms with Crippen LogP contribution in [0.2, 0.25) is 0 Å². The molecule has 5 nitrogen and oxygen atoms in total. The highest BCUT2D eigenvalue weighted by Gasteiger charge is 2.15. The Kier molecular flexibility index (Phi) is 4.74. The van der Waals surface area contributed by atoms with Gasteiger partial charge in [0, 0.05) is 5.56 Å². The fraction of sp³-hybridized carbons (Fsp3) is 0.222. The minimum absolute atomic E-state index is 0.0212. The lowest BCUT2D eigenvalue weighted by atomic mass is 10.1. The highest BCUT2D eigenvalue weighted by Crippen LogP contribution is 2.30. The molecule has 2 aromatic carbocycles.